The molecule has 3 rings (SSSR count). The molecule has 0 saturated heterocycles. The lowest BCUT2D eigenvalue weighted by molar-refractivity contribution is 0.830. The first kappa shape index (κ1) is 9.46. The number of nitrogens with zero attached hydrogens (tertiary/aromatic N) is 6. The molecule has 3 aromatic heterocycles. The summed E-state index contributed by atoms with van der Waals surface area (Å²) in [5, 5.41) is 12.5. The Kier molecular flexibility index (Phi) is 1.87. The molecule has 3 aromatic rings. The fourth-order valence-corrected chi connectivity index (χ4v) is 1.48. The van der Waals surface area contributed by atoms with Crippen LogP contribution < -0.4 is 11.5 Å². The average molecular weight is 228 g/mol. The van der Waals surface area contributed by atoms with Gasteiger partial charge in [0.15, 0.2) is 11.5 Å². The van der Waals surface area contributed by atoms with Gasteiger partial charge in [-0.15, -0.1) is 10.2 Å². The Bertz CT molecular complexity index is 671. The zero-order valence-electron chi connectivity index (χ0n) is 8.65. The lowest BCUT2D eigenvalue weighted by atomic mass is 10.4. The summed E-state index contributed by atoms with van der Waals surface area (Å²) in [5.74, 6) is 1.25. The summed E-state index contributed by atoms with van der Waals surface area (Å²) in [4.78, 5) is 8.00. The van der Waals surface area contributed by atoms with E-state index in [-0.39, 0.29) is 0 Å². The molecule has 0 bridgehead atoms. The molecule has 0 aliphatic carbocycles. The van der Waals surface area contributed by atoms with E-state index in [1.807, 2.05) is 0 Å². The fourth-order valence-electron chi connectivity index (χ4n) is 1.48. The maximum atomic E-state index is 5.71. The second-order valence-corrected chi connectivity index (χ2v) is 3.37. The van der Waals surface area contributed by atoms with Crippen LogP contribution in [0.1, 0.15) is 0 Å². The highest BCUT2D eigenvalue weighted by atomic mass is 15.4. The molecule has 4 N–H and O–H groups in total. The minimum Gasteiger partial charge on any atom is -0.383 e. The summed E-state index contributed by atoms with van der Waals surface area (Å²) in [6, 6.07) is 3.34. The monoisotopic (exact) mass is 228 g/mol. The van der Waals surface area contributed by atoms with Gasteiger partial charge in [0, 0.05) is 0 Å². The molecule has 8 nitrogen and oxygen atoms in total. The van der Waals surface area contributed by atoms with Gasteiger partial charge >= 0.3 is 0 Å². The largest absolute Gasteiger partial charge is 0.383 e. The molecule has 0 radical (unpaired) electrons. The summed E-state index contributed by atoms with van der Waals surface area (Å²) in [5.41, 5.74) is 11.8. The van der Waals surface area contributed by atoms with Gasteiger partial charge in [0.25, 0.3) is 0 Å². The normalized spacial score (nSPS) is 10.8. The maximum Gasteiger partial charge on any atom is 0.178 e. The molecule has 0 saturated carbocycles. The van der Waals surface area contributed by atoms with E-state index in [1.165, 1.54) is 11.0 Å². The standard InChI is InChI=1S/C9H8N8/c10-6-1-2-7(16-15-6)17-9-5(3-14-17)8(11)12-4-13-9/h1-4H,(H2,10,15)(H2,11,12,13). The quantitative estimate of drug-likeness (QED) is 0.589. The van der Waals surface area contributed by atoms with E-state index in [0.29, 0.717) is 28.5 Å². The predicted molar refractivity (Wildman–Crippen MR) is 61.1 cm³/mol. The van der Waals surface area contributed by atoms with Crippen LogP contribution in [-0.4, -0.2) is 29.9 Å². The molecule has 3 heterocycles. The van der Waals surface area contributed by atoms with Gasteiger partial charge in [0.05, 0.1) is 11.6 Å². The first-order valence-electron chi connectivity index (χ1n) is 4.79. The minimum atomic E-state index is 0.347. The van der Waals surface area contributed by atoms with Gasteiger partial charge in [0.2, 0.25) is 0 Å². The predicted octanol–water partition coefficient (Wildman–Crippen LogP) is -0.230. The molecule has 0 aliphatic rings. The van der Waals surface area contributed by atoms with Crippen LogP contribution in [0.5, 0.6) is 0 Å². The van der Waals surface area contributed by atoms with Gasteiger partial charge in [-0.05, 0) is 12.1 Å². The molecule has 0 spiro atoms. The smallest absolute Gasteiger partial charge is 0.178 e. The van der Waals surface area contributed by atoms with Gasteiger partial charge in [-0.25, -0.2) is 9.97 Å². The molecule has 17 heavy (non-hydrogen) atoms. The van der Waals surface area contributed by atoms with Crippen molar-refractivity contribution in [2.24, 2.45) is 0 Å². The van der Waals surface area contributed by atoms with E-state index < -0.39 is 0 Å². The highest BCUT2D eigenvalue weighted by molar-refractivity contribution is 5.85. The number of nitrogen functional groups attached to an aromatic ring is 2. The molecular weight excluding hydrogens is 220 g/mol. The van der Waals surface area contributed by atoms with Crippen LogP contribution in [0, 0.1) is 0 Å². The van der Waals surface area contributed by atoms with Crippen molar-refractivity contribution >= 4 is 22.7 Å². The highest BCUT2D eigenvalue weighted by Crippen LogP contribution is 2.17. The molecule has 0 atom stereocenters. The molecule has 0 fully saturated rings. The van der Waals surface area contributed by atoms with Crippen LogP contribution in [-0.2, 0) is 0 Å². The Balaban J connectivity index is 2.24. The summed E-state index contributed by atoms with van der Waals surface area (Å²) in [7, 11) is 0. The number of hydrogen-bond donors (Lipinski definition) is 2. The Morgan fingerprint density at radius 2 is 1.94 bits per heavy atom. The maximum absolute atomic E-state index is 5.71. The van der Waals surface area contributed by atoms with E-state index in [2.05, 4.69) is 25.3 Å². The topological polar surface area (TPSA) is 121 Å². The molecule has 8 heteroatoms. The number of anilines is 2. The molecule has 84 valence electrons. The third-order valence-electron chi connectivity index (χ3n) is 2.28. The van der Waals surface area contributed by atoms with Crippen LogP contribution in [0.3, 0.4) is 0 Å². The Morgan fingerprint density at radius 3 is 2.71 bits per heavy atom. The van der Waals surface area contributed by atoms with Crippen molar-refractivity contribution in [3.63, 3.8) is 0 Å². The van der Waals surface area contributed by atoms with Crippen LogP contribution in [0.4, 0.5) is 11.6 Å². The highest BCUT2D eigenvalue weighted by Gasteiger charge is 2.09. The first-order chi connectivity index (χ1) is 8.25. The Hall–Kier alpha value is -2.77. The first-order valence-corrected chi connectivity index (χ1v) is 4.79. The fraction of sp³-hybridized carbons (Fsp3) is 0. The molecular formula is C9H8N8. The second kappa shape index (κ2) is 3.37. The summed E-state index contributed by atoms with van der Waals surface area (Å²) in [6.45, 7) is 0. The van der Waals surface area contributed by atoms with Crippen molar-refractivity contribution in [3.8, 4) is 5.82 Å². The molecule has 0 amide bonds. The third kappa shape index (κ3) is 1.42. The van der Waals surface area contributed by atoms with Gasteiger partial charge < -0.3 is 11.5 Å². The lowest BCUT2D eigenvalue weighted by Gasteiger charge is -2.00. The number of aromatic nitrogens is 6. The molecule has 0 aromatic carbocycles. The summed E-state index contributed by atoms with van der Waals surface area (Å²) < 4.78 is 1.53. The van der Waals surface area contributed by atoms with Crippen molar-refractivity contribution in [1.82, 2.24) is 29.9 Å². The van der Waals surface area contributed by atoms with Gasteiger partial charge in [-0.2, -0.15) is 9.78 Å². The van der Waals surface area contributed by atoms with E-state index in [1.54, 1.807) is 18.3 Å². The number of fused-ring (bicyclic) bond motifs is 1. The van der Waals surface area contributed by atoms with Crippen LogP contribution in [0.25, 0.3) is 16.9 Å². The van der Waals surface area contributed by atoms with Gasteiger partial charge in [-0.1, -0.05) is 0 Å². The SMILES string of the molecule is Nc1ccc(-n2ncc3c(N)ncnc32)nn1. The number of nitrogens with two attached hydrogens (primary N) is 2. The average Bonchev–Trinajstić information content (AvgIpc) is 2.75. The number of rotatable bonds is 1. The number of hydrogen-bond acceptors (Lipinski definition) is 7. The third-order valence-corrected chi connectivity index (χ3v) is 2.28. The zero-order chi connectivity index (χ0) is 11.8. The summed E-state index contributed by atoms with van der Waals surface area (Å²) >= 11 is 0. The van der Waals surface area contributed by atoms with Crippen LogP contribution in [0.15, 0.2) is 24.7 Å². The summed E-state index contributed by atoms with van der Waals surface area (Å²) in [6.07, 6.45) is 2.96. The van der Waals surface area contributed by atoms with Crippen molar-refractivity contribution < 1.29 is 0 Å². The van der Waals surface area contributed by atoms with Crippen molar-refractivity contribution in [3.05, 3.63) is 24.7 Å². The molecule has 0 unspecified atom stereocenters. The van der Waals surface area contributed by atoms with Crippen molar-refractivity contribution in [2.75, 3.05) is 11.5 Å². The Morgan fingerprint density at radius 1 is 1.06 bits per heavy atom. The second-order valence-electron chi connectivity index (χ2n) is 3.37. The van der Waals surface area contributed by atoms with E-state index >= 15 is 0 Å². The minimum absolute atomic E-state index is 0.347. The van der Waals surface area contributed by atoms with Crippen molar-refractivity contribution in [1.29, 1.82) is 0 Å². The van der Waals surface area contributed by atoms with Crippen LogP contribution in [0.2, 0.25) is 0 Å². The van der Waals surface area contributed by atoms with Crippen LogP contribution >= 0.6 is 0 Å². The van der Waals surface area contributed by atoms with Gasteiger partial charge in [0.1, 0.15) is 18.0 Å². The Labute approximate surface area is 95.3 Å². The van der Waals surface area contributed by atoms with E-state index in [0.717, 1.165) is 0 Å². The lowest BCUT2D eigenvalue weighted by Crippen LogP contribution is -2.03. The zero-order valence-corrected chi connectivity index (χ0v) is 8.65. The van der Waals surface area contributed by atoms with Crippen molar-refractivity contribution in [2.45, 2.75) is 0 Å². The molecule has 0 aliphatic heterocycles. The van der Waals surface area contributed by atoms with E-state index in [9.17, 15) is 0 Å². The van der Waals surface area contributed by atoms with E-state index in [4.69, 9.17) is 11.5 Å². The van der Waals surface area contributed by atoms with Gasteiger partial charge in [-0.3, -0.25) is 0 Å².